The number of nitrogens with zero attached hydrogens (tertiary/aromatic N) is 1. The molecule has 1 aliphatic rings. The van der Waals surface area contributed by atoms with Crippen molar-refractivity contribution in [1.29, 1.82) is 0 Å². The number of aliphatic hydroxyl groups is 3. The van der Waals surface area contributed by atoms with E-state index >= 15 is 0 Å². The number of H-pyrrole nitrogens is 1. The van der Waals surface area contributed by atoms with Gasteiger partial charge in [-0.05, 0) is 12.8 Å². The molecular weight excluding hydrogens is 387 g/mol. The largest absolute Gasteiger partial charge is 0.394 e. The number of alkyl halides is 1. The molecule has 1 aromatic heterocycles. The van der Waals surface area contributed by atoms with Gasteiger partial charge in [-0.1, -0.05) is 38.5 Å². The fourth-order valence-corrected chi connectivity index (χ4v) is 3.45. The molecule has 1 aromatic rings. The average Bonchev–Trinajstić information content (AvgIpc) is 2.95. The zero-order valence-corrected chi connectivity index (χ0v) is 16.5. The second-order valence-electron chi connectivity index (χ2n) is 7.25. The summed E-state index contributed by atoms with van der Waals surface area (Å²) < 4.78 is 24.2. The summed E-state index contributed by atoms with van der Waals surface area (Å²) in [5.41, 5.74) is -1.49. The number of ether oxygens (including phenoxy) is 2. The molecule has 0 bridgehead atoms. The Kier molecular flexibility index (Phi) is 9.44. The highest BCUT2D eigenvalue weighted by Crippen LogP contribution is 2.36. The van der Waals surface area contributed by atoms with Gasteiger partial charge in [0.2, 0.25) is 0 Å². The predicted molar refractivity (Wildman–Crippen MR) is 102 cm³/mol. The number of unbranched alkanes of at least 4 members (excludes halogenated alkanes) is 7. The van der Waals surface area contributed by atoms with E-state index in [2.05, 4.69) is 4.98 Å². The molecule has 29 heavy (non-hydrogen) atoms. The van der Waals surface area contributed by atoms with Gasteiger partial charge in [0, 0.05) is 12.3 Å². The van der Waals surface area contributed by atoms with Crippen LogP contribution in [-0.4, -0.2) is 63.1 Å². The lowest BCUT2D eigenvalue weighted by Gasteiger charge is -2.33. The summed E-state index contributed by atoms with van der Waals surface area (Å²) in [5, 5.41) is 30.0. The monoisotopic (exact) mass is 418 g/mol. The molecule has 0 aromatic carbocycles. The molecule has 4 N–H and O–H groups in total. The third-order valence-electron chi connectivity index (χ3n) is 5.07. The molecule has 2 rings (SSSR count). The Morgan fingerprint density at radius 1 is 1.10 bits per heavy atom. The molecular formula is C19H31FN2O7. The molecule has 0 radical (unpaired) electrons. The van der Waals surface area contributed by atoms with Crippen LogP contribution in [0.15, 0.2) is 21.9 Å². The third kappa shape index (κ3) is 5.95. The Morgan fingerprint density at radius 3 is 2.28 bits per heavy atom. The summed E-state index contributed by atoms with van der Waals surface area (Å²) >= 11 is 0. The summed E-state index contributed by atoms with van der Waals surface area (Å²) in [7, 11) is 0. The van der Waals surface area contributed by atoms with Crippen molar-refractivity contribution in [2.45, 2.75) is 75.6 Å². The highest BCUT2D eigenvalue weighted by molar-refractivity contribution is 4.97. The van der Waals surface area contributed by atoms with Gasteiger partial charge in [-0.3, -0.25) is 14.2 Å². The number of hydrogen-bond acceptors (Lipinski definition) is 7. The van der Waals surface area contributed by atoms with E-state index in [4.69, 9.17) is 9.47 Å². The van der Waals surface area contributed by atoms with Gasteiger partial charge in [0.15, 0.2) is 6.10 Å². The Bertz CT molecular complexity index is 725. The predicted octanol–water partition coefficient (Wildman–Crippen LogP) is 0.367. The smallest absolute Gasteiger partial charge is 0.332 e. The van der Waals surface area contributed by atoms with Gasteiger partial charge in [-0.2, -0.15) is 0 Å². The molecule has 9 nitrogen and oxygen atoms in total. The van der Waals surface area contributed by atoms with Gasteiger partial charge in [-0.15, -0.1) is 0 Å². The fourth-order valence-electron chi connectivity index (χ4n) is 3.45. The number of halogens is 1. The van der Waals surface area contributed by atoms with Crippen LogP contribution in [0.4, 0.5) is 4.39 Å². The van der Waals surface area contributed by atoms with Gasteiger partial charge < -0.3 is 24.8 Å². The van der Waals surface area contributed by atoms with Gasteiger partial charge in [-0.25, -0.2) is 9.36 Å². The van der Waals surface area contributed by atoms with Crippen molar-refractivity contribution in [3.05, 3.63) is 33.1 Å². The van der Waals surface area contributed by atoms with E-state index < -0.39 is 42.1 Å². The van der Waals surface area contributed by atoms with Crippen LogP contribution in [0.2, 0.25) is 0 Å². The Balaban J connectivity index is 1.94. The summed E-state index contributed by atoms with van der Waals surface area (Å²) in [6, 6.07) is 1.07. The van der Waals surface area contributed by atoms with Crippen molar-refractivity contribution < 1.29 is 29.2 Å². The van der Waals surface area contributed by atoms with E-state index in [1.807, 2.05) is 0 Å². The number of nitrogens with one attached hydrogen (secondary N) is 1. The average molecular weight is 418 g/mol. The molecule has 1 fully saturated rings. The maximum absolute atomic E-state index is 12.2. The lowest BCUT2D eigenvalue weighted by atomic mass is 10.1. The first-order chi connectivity index (χ1) is 14.0. The lowest BCUT2D eigenvalue weighted by molar-refractivity contribution is -0.318. The van der Waals surface area contributed by atoms with E-state index in [1.165, 1.54) is 0 Å². The van der Waals surface area contributed by atoms with Crippen molar-refractivity contribution in [3.8, 4) is 0 Å². The molecule has 0 unspecified atom stereocenters. The first kappa shape index (κ1) is 23.7. The highest BCUT2D eigenvalue weighted by Gasteiger charge is 2.57. The topological polar surface area (TPSA) is 134 Å². The molecule has 0 saturated carbocycles. The van der Waals surface area contributed by atoms with Crippen molar-refractivity contribution in [3.63, 3.8) is 0 Å². The Hall–Kier alpha value is -1.59. The second kappa shape index (κ2) is 11.6. The molecule has 0 aliphatic carbocycles. The van der Waals surface area contributed by atoms with Crippen molar-refractivity contribution in [2.24, 2.45) is 0 Å². The van der Waals surface area contributed by atoms with Crippen LogP contribution in [-0.2, 0) is 15.4 Å². The zero-order valence-electron chi connectivity index (χ0n) is 16.5. The zero-order chi connectivity index (χ0) is 21.3. The minimum absolute atomic E-state index is 0.134. The van der Waals surface area contributed by atoms with Gasteiger partial charge in [0.1, 0.15) is 12.2 Å². The van der Waals surface area contributed by atoms with E-state index in [1.54, 1.807) is 0 Å². The van der Waals surface area contributed by atoms with Gasteiger partial charge >= 0.3 is 5.69 Å². The Morgan fingerprint density at radius 2 is 1.72 bits per heavy atom. The molecule has 2 heterocycles. The van der Waals surface area contributed by atoms with Crippen LogP contribution in [0.1, 0.15) is 51.4 Å². The van der Waals surface area contributed by atoms with Gasteiger partial charge in [0.25, 0.3) is 11.5 Å². The summed E-state index contributed by atoms with van der Waals surface area (Å²) in [6.45, 7) is -0.712. The number of aromatic amines is 1. The van der Waals surface area contributed by atoms with Crippen LogP contribution in [0, 0.1) is 0 Å². The molecule has 1 aliphatic heterocycles. The normalized spacial score (nSPS) is 26.8. The Labute approximate surface area is 168 Å². The van der Waals surface area contributed by atoms with Crippen LogP contribution in [0.3, 0.4) is 0 Å². The maximum atomic E-state index is 12.2. The van der Waals surface area contributed by atoms with Crippen molar-refractivity contribution in [2.75, 3.05) is 19.9 Å². The molecule has 0 spiro atoms. The first-order valence-electron chi connectivity index (χ1n) is 10.1. The SMILES string of the molecule is O=c1ccn([C@]2(OCCCCCCCCCCF)O[C@H](CO)[C@@H](O)[C@H]2O)c(=O)[nH]1. The van der Waals surface area contributed by atoms with E-state index in [0.29, 0.717) is 12.8 Å². The molecule has 4 atom stereocenters. The van der Waals surface area contributed by atoms with Crippen molar-refractivity contribution >= 4 is 0 Å². The number of rotatable bonds is 13. The van der Waals surface area contributed by atoms with Crippen LogP contribution in [0.5, 0.6) is 0 Å². The quantitative estimate of drug-likeness (QED) is 0.340. The molecule has 166 valence electrons. The second-order valence-corrected chi connectivity index (χ2v) is 7.25. The molecule has 1 saturated heterocycles. The standard InChI is InChI=1S/C19H31FN2O7/c20-10-7-5-3-1-2-4-6-8-12-28-19(17(26)16(25)14(13-23)29-19)22-11-9-15(24)21-18(22)27/h9,11,14,16-17,23,25-26H,1-8,10,12-13H2,(H,21,24,27)/t14-,16-,17-,19-/m1/s1. The number of aliphatic hydroxyl groups excluding tert-OH is 3. The van der Waals surface area contributed by atoms with Gasteiger partial charge in [0.05, 0.1) is 19.9 Å². The first-order valence-corrected chi connectivity index (χ1v) is 10.1. The molecule has 10 heteroatoms. The highest BCUT2D eigenvalue weighted by atomic mass is 19.1. The lowest BCUT2D eigenvalue weighted by Crippen LogP contribution is -2.53. The van der Waals surface area contributed by atoms with Crippen LogP contribution < -0.4 is 11.2 Å². The summed E-state index contributed by atoms with van der Waals surface area (Å²) in [5.74, 6) is -2.04. The van der Waals surface area contributed by atoms with Crippen LogP contribution >= 0.6 is 0 Å². The van der Waals surface area contributed by atoms with Crippen LogP contribution in [0.25, 0.3) is 0 Å². The fraction of sp³-hybridized carbons (Fsp3) is 0.789. The number of aromatic nitrogens is 2. The van der Waals surface area contributed by atoms with E-state index in [-0.39, 0.29) is 13.3 Å². The number of hydrogen-bond donors (Lipinski definition) is 4. The summed E-state index contributed by atoms with van der Waals surface area (Å²) in [4.78, 5) is 25.6. The van der Waals surface area contributed by atoms with E-state index in [9.17, 15) is 29.3 Å². The van der Waals surface area contributed by atoms with Crippen molar-refractivity contribution in [1.82, 2.24) is 9.55 Å². The van der Waals surface area contributed by atoms with E-state index in [0.717, 1.165) is 55.4 Å². The third-order valence-corrected chi connectivity index (χ3v) is 5.07. The minimum atomic E-state index is -2.04. The summed E-state index contributed by atoms with van der Waals surface area (Å²) in [6.07, 6.45) is 3.91. The molecule has 0 amide bonds. The maximum Gasteiger partial charge on any atom is 0.332 e. The minimum Gasteiger partial charge on any atom is -0.394 e.